The minimum atomic E-state index is -4.16. The highest BCUT2D eigenvalue weighted by molar-refractivity contribution is 7.89. The van der Waals surface area contributed by atoms with Crippen LogP contribution in [-0.2, 0) is 29.1 Å². The van der Waals surface area contributed by atoms with Crippen molar-refractivity contribution in [2.45, 2.75) is 4.90 Å². The quantitative estimate of drug-likeness (QED) is 0.421. The highest BCUT2D eigenvalue weighted by atomic mass is 35.5. The van der Waals surface area contributed by atoms with E-state index in [2.05, 4.69) is 35.4 Å². The van der Waals surface area contributed by atoms with Gasteiger partial charge >= 0.3 is 11.9 Å². The zero-order chi connectivity index (χ0) is 20.2. The standard InChI is InChI=1S/C13H13ClN6O6S/c1-25-11(21)5-9(13(22)26-2)16-8-4-7(14)10(27(15,23)24)3-6(8)12-17-19-20-18-12/h3-5,16H,1-2H3,(H2,15,23,24)(H,17,18,19,20)/b9-5+. The van der Waals surface area contributed by atoms with Gasteiger partial charge in [-0.05, 0) is 17.3 Å². The van der Waals surface area contributed by atoms with Gasteiger partial charge in [0.2, 0.25) is 15.8 Å². The number of aromatic nitrogens is 4. The molecule has 2 aromatic rings. The lowest BCUT2D eigenvalue weighted by Crippen LogP contribution is -2.17. The zero-order valence-electron chi connectivity index (χ0n) is 13.9. The largest absolute Gasteiger partial charge is 0.466 e. The molecule has 1 aromatic carbocycles. The number of methoxy groups -OCH3 is 2. The Kier molecular flexibility index (Phi) is 6.09. The number of hydrogen-bond acceptors (Lipinski definition) is 10. The van der Waals surface area contributed by atoms with Crippen molar-refractivity contribution >= 4 is 39.3 Å². The van der Waals surface area contributed by atoms with Crippen LogP contribution in [0.5, 0.6) is 0 Å². The lowest BCUT2D eigenvalue weighted by molar-refractivity contribution is -0.138. The van der Waals surface area contributed by atoms with E-state index >= 15 is 0 Å². The van der Waals surface area contributed by atoms with Gasteiger partial charge < -0.3 is 14.8 Å². The summed E-state index contributed by atoms with van der Waals surface area (Å²) < 4.78 is 32.5. The van der Waals surface area contributed by atoms with Gasteiger partial charge in [0, 0.05) is 5.56 Å². The van der Waals surface area contributed by atoms with Crippen molar-refractivity contribution in [3.8, 4) is 11.4 Å². The molecule has 0 amide bonds. The summed E-state index contributed by atoms with van der Waals surface area (Å²) in [4.78, 5) is 23.0. The van der Waals surface area contributed by atoms with Crippen LogP contribution >= 0.6 is 11.6 Å². The Morgan fingerprint density at radius 3 is 2.52 bits per heavy atom. The smallest absolute Gasteiger partial charge is 0.354 e. The Bertz CT molecular complexity index is 1000. The van der Waals surface area contributed by atoms with Gasteiger partial charge in [0.15, 0.2) is 0 Å². The normalized spacial score (nSPS) is 11.8. The fourth-order valence-corrected chi connectivity index (χ4v) is 3.01. The van der Waals surface area contributed by atoms with Crippen molar-refractivity contribution in [1.82, 2.24) is 20.6 Å². The second-order valence-electron chi connectivity index (χ2n) is 4.81. The van der Waals surface area contributed by atoms with Crippen LogP contribution < -0.4 is 10.5 Å². The third-order valence-electron chi connectivity index (χ3n) is 3.10. The van der Waals surface area contributed by atoms with E-state index in [0.717, 1.165) is 26.4 Å². The molecule has 0 atom stereocenters. The van der Waals surface area contributed by atoms with Crippen LogP contribution in [0.15, 0.2) is 28.8 Å². The van der Waals surface area contributed by atoms with Gasteiger partial charge in [-0.25, -0.2) is 23.1 Å². The molecular formula is C13H13ClN6O6S. The molecule has 1 heterocycles. The van der Waals surface area contributed by atoms with Crippen LogP contribution in [-0.4, -0.2) is 55.2 Å². The second kappa shape index (κ2) is 8.11. The van der Waals surface area contributed by atoms with Crippen molar-refractivity contribution in [3.63, 3.8) is 0 Å². The van der Waals surface area contributed by atoms with Crippen LogP contribution in [0.25, 0.3) is 11.4 Å². The van der Waals surface area contributed by atoms with Gasteiger partial charge in [-0.2, -0.15) is 5.21 Å². The average molecular weight is 417 g/mol. The lowest BCUT2D eigenvalue weighted by atomic mass is 10.1. The summed E-state index contributed by atoms with van der Waals surface area (Å²) in [6, 6.07) is 2.26. The van der Waals surface area contributed by atoms with Crippen molar-refractivity contribution in [3.05, 3.63) is 28.9 Å². The Morgan fingerprint density at radius 2 is 2.00 bits per heavy atom. The van der Waals surface area contributed by atoms with Crippen molar-refractivity contribution < 1.29 is 27.5 Å². The number of nitrogens with two attached hydrogens (primary N) is 1. The number of esters is 2. The number of carbonyl (C=O) groups is 2. The predicted molar refractivity (Wildman–Crippen MR) is 91.7 cm³/mol. The molecule has 144 valence electrons. The number of aromatic amines is 1. The topological polar surface area (TPSA) is 179 Å². The molecule has 0 radical (unpaired) electrons. The average Bonchev–Trinajstić information content (AvgIpc) is 3.13. The molecule has 0 spiro atoms. The van der Waals surface area contributed by atoms with E-state index < -0.39 is 26.9 Å². The van der Waals surface area contributed by atoms with Crippen LogP contribution in [0.4, 0.5) is 5.69 Å². The van der Waals surface area contributed by atoms with E-state index in [4.69, 9.17) is 16.7 Å². The SMILES string of the molecule is COC(=O)/C=C(/Nc1cc(Cl)c(S(N)(=O)=O)cc1-c1nn[nH]n1)C(=O)OC. The first-order valence-corrected chi connectivity index (χ1v) is 8.85. The fourth-order valence-electron chi connectivity index (χ4n) is 1.91. The van der Waals surface area contributed by atoms with Crippen molar-refractivity contribution in [2.75, 3.05) is 19.5 Å². The first-order chi connectivity index (χ1) is 12.7. The second-order valence-corrected chi connectivity index (χ2v) is 6.74. The minimum absolute atomic E-state index is 0.0265. The van der Waals surface area contributed by atoms with Gasteiger partial charge in [0.05, 0.1) is 31.0 Å². The van der Waals surface area contributed by atoms with E-state index in [0.29, 0.717) is 0 Å². The number of rotatable bonds is 6. The van der Waals surface area contributed by atoms with Gasteiger partial charge in [0.25, 0.3) is 0 Å². The Labute approximate surface area is 157 Å². The molecule has 0 bridgehead atoms. The maximum absolute atomic E-state index is 11.9. The molecule has 0 unspecified atom stereocenters. The minimum Gasteiger partial charge on any atom is -0.466 e. The number of primary sulfonamides is 1. The first kappa shape index (κ1) is 20.3. The maximum atomic E-state index is 11.9. The Hall–Kier alpha value is -3.03. The summed E-state index contributed by atoms with van der Waals surface area (Å²) in [5.41, 5.74) is -0.153. The summed E-state index contributed by atoms with van der Waals surface area (Å²) in [6.45, 7) is 0. The van der Waals surface area contributed by atoms with E-state index in [-0.39, 0.29) is 27.8 Å². The monoisotopic (exact) mass is 416 g/mol. The molecule has 0 aliphatic carbocycles. The van der Waals surface area contributed by atoms with Crippen LogP contribution in [0.2, 0.25) is 5.02 Å². The lowest BCUT2D eigenvalue weighted by Gasteiger charge is -2.14. The van der Waals surface area contributed by atoms with Crippen LogP contribution in [0.3, 0.4) is 0 Å². The van der Waals surface area contributed by atoms with E-state index in [1.54, 1.807) is 0 Å². The Morgan fingerprint density at radius 1 is 1.30 bits per heavy atom. The predicted octanol–water partition coefficient (Wildman–Crippen LogP) is -0.191. The molecule has 0 aliphatic heterocycles. The summed E-state index contributed by atoms with van der Waals surface area (Å²) >= 11 is 5.99. The van der Waals surface area contributed by atoms with Gasteiger partial charge in [-0.15, -0.1) is 10.2 Å². The van der Waals surface area contributed by atoms with E-state index in [9.17, 15) is 18.0 Å². The molecule has 0 fully saturated rings. The summed E-state index contributed by atoms with van der Waals surface area (Å²) in [5, 5.41) is 20.6. The van der Waals surface area contributed by atoms with Crippen LogP contribution in [0, 0.1) is 0 Å². The van der Waals surface area contributed by atoms with Crippen molar-refractivity contribution in [1.29, 1.82) is 0 Å². The summed E-state index contributed by atoms with van der Waals surface area (Å²) in [7, 11) is -1.94. The Balaban J connectivity index is 2.64. The molecule has 27 heavy (non-hydrogen) atoms. The van der Waals surface area contributed by atoms with Gasteiger partial charge in [0.1, 0.15) is 10.6 Å². The first-order valence-electron chi connectivity index (χ1n) is 6.92. The third-order valence-corrected chi connectivity index (χ3v) is 4.48. The summed E-state index contributed by atoms with van der Waals surface area (Å²) in [6.07, 6.45) is 0.841. The number of carbonyl (C=O) groups excluding carboxylic acids is 2. The number of nitrogens with one attached hydrogen (secondary N) is 2. The number of ether oxygens (including phenoxy) is 2. The molecule has 14 heteroatoms. The summed E-state index contributed by atoms with van der Waals surface area (Å²) in [5.74, 6) is -1.76. The number of nitrogens with zero attached hydrogens (tertiary/aromatic N) is 3. The highest BCUT2D eigenvalue weighted by Crippen LogP contribution is 2.34. The molecular weight excluding hydrogens is 404 g/mol. The number of hydrogen-bond donors (Lipinski definition) is 3. The van der Waals surface area contributed by atoms with Crippen LogP contribution in [0.1, 0.15) is 0 Å². The third kappa shape index (κ3) is 4.78. The molecule has 4 N–H and O–H groups in total. The van der Waals surface area contributed by atoms with Crippen molar-refractivity contribution in [2.24, 2.45) is 5.14 Å². The molecule has 12 nitrogen and oxygen atoms in total. The zero-order valence-corrected chi connectivity index (χ0v) is 15.5. The van der Waals surface area contributed by atoms with E-state index in [1.165, 1.54) is 6.07 Å². The van der Waals surface area contributed by atoms with E-state index in [1.807, 2.05) is 0 Å². The molecule has 1 aromatic heterocycles. The number of benzene rings is 1. The van der Waals surface area contributed by atoms with Gasteiger partial charge in [-0.1, -0.05) is 11.6 Å². The number of anilines is 1. The molecule has 0 aliphatic rings. The number of H-pyrrole nitrogens is 1. The molecule has 0 saturated carbocycles. The fraction of sp³-hybridized carbons (Fsp3) is 0.154. The molecule has 0 saturated heterocycles. The highest BCUT2D eigenvalue weighted by Gasteiger charge is 2.22. The number of tetrazole rings is 1. The maximum Gasteiger partial charge on any atom is 0.354 e. The molecule has 2 rings (SSSR count). The number of halogens is 1. The number of sulfonamides is 1. The van der Waals surface area contributed by atoms with Gasteiger partial charge in [-0.3, -0.25) is 0 Å².